The van der Waals surface area contributed by atoms with Gasteiger partial charge in [-0.25, -0.2) is 8.78 Å². The van der Waals surface area contributed by atoms with E-state index in [-0.39, 0.29) is 17.3 Å². The van der Waals surface area contributed by atoms with Gasteiger partial charge in [-0.05, 0) is 38.1 Å². The zero-order valence-electron chi connectivity index (χ0n) is 10.2. The molecule has 1 N–H and O–H groups in total. The number of nitrogens with zero attached hydrogens (tertiary/aromatic N) is 2. The molecule has 2 aromatic rings. The van der Waals surface area contributed by atoms with Crippen molar-refractivity contribution in [3.8, 4) is 11.4 Å². The molecule has 0 saturated carbocycles. The molecule has 6 heteroatoms. The quantitative estimate of drug-likeness (QED) is 0.906. The molecule has 0 aliphatic carbocycles. The third kappa shape index (κ3) is 2.35. The van der Waals surface area contributed by atoms with Crippen molar-refractivity contribution >= 4 is 0 Å². The Morgan fingerprint density at radius 1 is 1.16 bits per heavy atom. The Hall–Kier alpha value is -1.82. The minimum absolute atomic E-state index is 0.0240. The second-order valence-corrected chi connectivity index (χ2v) is 4.58. The molecule has 1 aromatic heterocycles. The first-order chi connectivity index (χ1) is 9.25. The maximum absolute atomic E-state index is 13.6. The fourth-order valence-corrected chi connectivity index (χ4v) is 2.28. The molecular weight excluding hydrogens is 252 g/mol. The molecule has 0 spiro atoms. The van der Waals surface area contributed by atoms with Gasteiger partial charge in [-0.15, -0.1) is 0 Å². The van der Waals surface area contributed by atoms with Crippen LogP contribution in [-0.4, -0.2) is 23.2 Å². The third-order valence-corrected chi connectivity index (χ3v) is 3.32. The highest BCUT2D eigenvalue weighted by Crippen LogP contribution is 2.28. The molecule has 1 saturated heterocycles. The normalized spacial score (nSPS) is 16.7. The summed E-state index contributed by atoms with van der Waals surface area (Å²) in [6.07, 6.45) is 1.78. The molecule has 1 aliphatic heterocycles. The molecule has 0 radical (unpaired) electrons. The van der Waals surface area contributed by atoms with Crippen molar-refractivity contribution in [1.82, 2.24) is 15.5 Å². The smallest absolute Gasteiger partial charge is 0.230 e. The van der Waals surface area contributed by atoms with Gasteiger partial charge in [0.15, 0.2) is 0 Å². The molecule has 3 rings (SSSR count). The van der Waals surface area contributed by atoms with Gasteiger partial charge in [-0.3, -0.25) is 0 Å². The molecule has 1 fully saturated rings. The zero-order valence-corrected chi connectivity index (χ0v) is 10.2. The summed E-state index contributed by atoms with van der Waals surface area (Å²) >= 11 is 0. The lowest BCUT2D eigenvalue weighted by Gasteiger charge is -2.18. The van der Waals surface area contributed by atoms with Crippen molar-refractivity contribution in [2.24, 2.45) is 0 Å². The van der Waals surface area contributed by atoms with Crippen molar-refractivity contribution in [3.63, 3.8) is 0 Å². The van der Waals surface area contributed by atoms with Crippen molar-refractivity contribution in [1.29, 1.82) is 0 Å². The first-order valence-electron chi connectivity index (χ1n) is 6.24. The van der Waals surface area contributed by atoms with Gasteiger partial charge in [-0.2, -0.15) is 4.98 Å². The lowest BCUT2D eigenvalue weighted by Crippen LogP contribution is -2.26. The molecule has 2 heterocycles. The van der Waals surface area contributed by atoms with Crippen LogP contribution < -0.4 is 5.32 Å². The average Bonchev–Trinajstić information content (AvgIpc) is 2.89. The van der Waals surface area contributed by atoms with Crippen LogP contribution in [0.5, 0.6) is 0 Å². The van der Waals surface area contributed by atoms with Crippen molar-refractivity contribution in [2.45, 2.75) is 18.8 Å². The van der Waals surface area contributed by atoms with Crippen LogP contribution in [0.3, 0.4) is 0 Å². The van der Waals surface area contributed by atoms with Crippen molar-refractivity contribution in [3.05, 3.63) is 35.7 Å². The molecule has 1 aromatic carbocycles. The van der Waals surface area contributed by atoms with Crippen LogP contribution in [-0.2, 0) is 0 Å². The van der Waals surface area contributed by atoms with Crippen molar-refractivity contribution < 1.29 is 13.3 Å². The maximum Gasteiger partial charge on any atom is 0.230 e. The zero-order chi connectivity index (χ0) is 13.2. The minimum atomic E-state index is -0.683. The summed E-state index contributed by atoms with van der Waals surface area (Å²) in [5.41, 5.74) is -0.230. The Balaban J connectivity index is 1.92. The Labute approximate surface area is 108 Å². The number of nitrogens with one attached hydrogen (secondary N) is 1. The summed E-state index contributed by atoms with van der Waals surface area (Å²) < 4.78 is 32.4. The number of aromatic nitrogens is 2. The second kappa shape index (κ2) is 5.05. The Bertz CT molecular complexity index is 559. The van der Waals surface area contributed by atoms with Crippen LogP contribution in [0.25, 0.3) is 11.4 Å². The number of benzene rings is 1. The fraction of sp³-hybridized carbons (Fsp3) is 0.385. The van der Waals surface area contributed by atoms with E-state index in [2.05, 4.69) is 15.5 Å². The lowest BCUT2D eigenvalue weighted by molar-refractivity contribution is 0.320. The fourth-order valence-electron chi connectivity index (χ4n) is 2.28. The molecule has 100 valence electrons. The van der Waals surface area contributed by atoms with E-state index in [1.807, 2.05) is 0 Å². The first kappa shape index (κ1) is 12.2. The predicted molar refractivity (Wildman–Crippen MR) is 64.5 cm³/mol. The van der Waals surface area contributed by atoms with E-state index in [0.717, 1.165) is 25.9 Å². The highest BCUT2D eigenvalue weighted by Gasteiger charge is 2.23. The molecule has 19 heavy (non-hydrogen) atoms. The number of piperidine rings is 1. The van der Waals surface area contributed by atoms with Crippen molar-refractivity contribution in [2.75, 3.05) is 13.1 Å². The highest BCUT2D eigenvalue weighted by atomic mass is 19.1. The standard InChI is InChI=1S/C13H13F2N3O/c14-9-2-1-3-10(15)11(9)12-17-13(19-18-12)8-4-6-16-7-5-8/h1-3,8,16H,4-7H2. The SMILES string of the molecule is Fc1cccc(F)c1-c1noc(C2CCNCC2)n1. The number of halogens is 2. The van der Waals surface area contributed by atoms with Crippen LogP contribution in [0.2, 0.25) is 0 Å². The van der Waals surface area contributed by atoms with E-state index in [9.17, 15) is 8.78 Å². The largest absolute Gasteiger partial charge is 0.339 e. The Kier molecular flexibility index (Phi) is 3.25. The summed E-state index contributed by atoms with van der Waals surface area (Å²) in [6.45, 7) is 1.77. The monoisotopic (exact) mass is 265 g/mol. The highest BCUT2D eigenvalue weighted by molar-refractivity contribution is 5.56. The van der Waals surface area contributed by atoms with E-state index < -0.39 is 11.6 Å². The molecule has 0 atom stereocenters. The van der Waals surface area contributed by atoms with Crippen LogP contribution in [0.1, 0.15) is 24.7 Å². The minimum Gasteiger partial charge on any atom is -0.339 e. The van der Waals surface area contributed by atoms with Crippen LogP contribution in [0.15, 0.2) is 22.7 Å². The number of rotatable bonds is 2. The molecule has 0 amide bonds. The van der Waals surface area contributed by atoms with Gasteiger partial charge in [0.2, 0.25) is 11.7 Å². The van der Waals surface area contributed by atoms with E-state index in [4.69, 9.17) is 4.52 Å². The van der Waals surface area contributed by atoms with E-state index >= 15 is 0 Å². The predicted octanol–water partition coefficient (Wildman–Crippen LogP) is 2.48. The van der Waals surface area contributed by atoms with E-state index in [1.54, 1.807) is 0 Å². The van der Waals surface area contributed by atoms with E-state index in [0.29, 0.717) is 5.89 Å². The second-order valence-electron chi connectivity index (χ2n) is 4.58. The first-order valence-corrected chi connectivity index (χ1v) is 6.24. The third-order valence-electron chi connectivity index (χ3n) is 3.32. The van der Waals surface area contributed by atoms with Crippen LogP contribution in [0, 0.1) is 11.6 Å². The van der Waals surface area contributed by atoms with E-state index in [1.165, 1.54) is 18.2 Å². The molecule has 4 nitrogen and oxygen atoms in total. The summed E-state index contributed by atoms with van der Waals surface area (Å²) in [5.74, 6) is -0.768. The van der Waals surface area contributed by atoms with Gasteiger partial charge in [0.05, 0.1) is 5.56 Å². The molecule has 1 aliphatic rings. The lowest BCUT2D eigenvalue weighted by atomic mass is 9.98. The summed E-state index contributed by atoms with van der Waals surface area (Å²) in [6, 6.07) is 3.67. The Morgan fingerprint density at radius 3 is 2.53 bits per heavy atom. The molecule has 0 unspecified atom stereocenters. The summed E-state index contributed by atoms with van der Waals surface area (Å²) in [5, 5.41) is 6.93. The summed E-state index contributed by atoms with van der Waals surface area (Å²) in [4.78, 5) is 4.14. The average molecular weight is 265 g/mol. The topological polar surface area (TPSA) is 51.0 Å². The molecule has 0 bridgehead atoms. The van der Waals surface area contributed by atoms with Gasteiger partial charge in [0.1, 0.15) is 11.6 Å². The van der Waals surface area contributed by atoms with Gasteiger partial charge in [0.25, 0.3) is 0 Å². The van der Waals surface area contributed by atoms with Gasteiger partial charge >= 0.3 is 0 Å². The number of hydrogen-bond donors (Lipinski definition) is 1. The van der Waals surface area contributed by atoms with Crippen LogP contribution >= 0.6 is 0 Å². The maximum atomic E-state index is 13.6. The van der Waals surface area contributed by atoms with Crippen LogP contribution in [0.4, 0.5) is 8.78 Å². The van der Waals surface area contributed by atoms with Gasteiger partial charge in [0, 0.05) is 5.92 Å². The Morgan fingerprint density at radius 2 is 1.84 bits per heavy atom. The van der Waals surface area contributed by atoms with Gasteiger partial charge in [-0.1, -0.05) is 11.2 Å². The summed E-state index contributed by atoms with van der Waals surface area (Å²) in [7, 11) is 0. The van der Waals surface area contributed by atoms with Gasteiger partial charge < -0.3 is 9.84 Å². The molecular formula is C13H13F2N3O. The number of hydrogen-bond acceptors (Lipinski definition) is 4.